The fourth-order valence-electron chi connectivity index (χ4n) is 3.11. The Morgan fingerprint density at radius 3 is 2.79 bits per heavy atom. The van der Waals surface area contributed by atoms with Gasteiger partial charge in [-0.25, -0.2) is 0 Å². The molecule has 1 fully saturated rings. The lowest BCUT2D eigenvalue weighted by atomic mass is 10.1. The van der Waals surface area contributed by atoms with Crippen molar-refractivity contribution in [3.05, 3.63) is 59.5 Å². The van der Waals surface area contributed by atoms with Crippen molar-refractivity contribution in [2.45, 2.75) is 38.5 Å². The third kappa shape index (κ3) is 4.46. The van der Waals surface area contributed by atoms with E-state index in [0.717, 1.165) is 43.8 Å². The molecule has 0 unspecified atom stereocenters. The fourth-order valence-corrected chi connectivity index (χ4v) is 3.11. The van der Waals surface area contributed by atoms with Crippen molar-refractivity contribution in [2.24, 2.45) is 0 Å². The van der Waals surface area contributed by atoms with Crippen LogP contribution in [0.15, 0.2) is 47.1 Å². The van der Waals surface area contributed by atoms with Crippen LogP contribution in [0.3, 0.4) is 0 Å². The second kappa shape index (κ2) is 8.13. The zero-order valence-electron chi connectivity index (χ0n) is 14.1. The van der Waals surface area contributed by atoms with E-state index in [2.05, 4.69) is 34.7 Å². The van der Waals surface area contributed by atoms with Gasteiger partial charge in [0.15, 0.2) is 0 Å². The Labute approximate surface area is 143 Å². The van der Waals surface area contributed by atoms with Gasteiger partial charge in [0, 0.05) is 13.1 Å². The Morgan fingerprint density at radius 1 is 1.25 bits per heavy atom. The summed E-state index contributed by atoms with van der Waals surface area (Å²) in [5.41, 5.74) is 2.39. The Bertz CT molecular complexity index is 648. The molecule has 1 aromatic carbocycles. The first kappa shape index (κ1) is 16.7. The molecule has 0 bridgehead atoms. The van der Waals surface area contributed by atoms with E-state index in [1.54, 1.807) is 6.26 Å². The summed E-state index contributed by atoms with van der Waals surface area (Å²) in [5.74, 6) is 1.06. The van der Waals surface area contributed by atoms with E-state index in [4.69, 9.17) is 4.42 Å². The highest BCUT2D eigenvalue weighted by Gasteiger charge is 2.21. The summed E-state index contributed by atoms with van der Waals surface area (Å²) < 4.78 is 5.40. The molecule has 0 spiro atoms. The van der Waals surface area contributed by atoms with Crippen LogP contribution in [-0.4, -0.2) is 30.4 Å². The molecule has 24 heavy (non-hydrogen) atoms. The first-order chi connectivity index (χ1) is 11.7. The predicted octanol–water partition coefficient (Wildman–Crippen LogP) is 2.28. The Balaban J connectivity index is 1.56. The highest BCUT2D eigenvalue weighted by atomic mass is 16.3. The maximum atomic E-state index is 12.2. The van der Waals surface area contributed by atoms with Gasteiger partial charge in [0.1, 0.15) is 5.76 Å². The molecule has 0 aliphatic carbocycles. The summed E-state index contributed by atoms with van der Waals surface area (Å²) >= 11 is 0. The number of carbonyl (C=O) groups is 1. The van der Waals surface area contributed by atoms with Gasteiger partial charge in [-0.2, -0.15) is 0 Å². The monoisotopic (exact) mass is 327 g/mol. The summed E-state index contributed by atoms with van der Waals surface area (Å²) in [6.07, 6.45) is 3.70. The van der Waals surface area contributed by atoms with Gasteiger partial charge in [0.25, 0.3) is 0 Å². The molecular formula is C19H25N3O2. The summed E-state index contributed by atoms with van der Waals surface area (Å²) in [5, 5.41) is 6.30. The van der Waals surface area contributed by atoms with Gasteiger partial charge < -0.3 is 15.1 Å². The van der Waals surface area contributed by atoms with Crippen molar-refractivity contribution in [1.29, 1.82) is 0 Å². The number of nitrogens with zero attached hydrogens (tertiary/aromatic N) is 1. The van der Waals surface area contributed by atoms with Gasteiger partial charge in [0.05, 0.1) is 18.8 Å². The maximum Gasteiger partial charge on any atom is 0.237 e. The molecule has 5 heteroatoms. The molecular weight excluding hydrogens is 302 g/mol. The molecule has 1 atom stereocenters. The van der Waals surface area contributed by atoms with Crippen LogP contribution in [0.1, 0.15) is 29.7 Å². The molecule has 2 heterocycles. The molecule has 1 aliphatic rings. The highest BCUT2D eigenvalue weighted by molar-refractivity contribution is 5.82. The van der Waals surface area contributed by atoms with Crippen molar-refractivity contribution < 1.29 is 9.21 Å². The zero-order valence-corrected chi connectivity index (χ0v) is 14.1. The van der Waals surface area contributed by atoms with E-state index in [1.807, 2.05) is 24.3 Å². The van der Waals surface area contributed by atoms with Gasteiger partial charge in [-0.3, -0.25) is 9.69 Å². The van der Waals surface area contributed by atoms with Crippen LogP contribution in [0.4, 0.5) is 0 Å². The topological polar surface area (TPSA) is 57.5 Å². The van der Waals surface area contributed by atoms with Gasteiger partial charge in [0.2, 0.25) is 5.91 Å². The van der Waals surface area contributed by atoms with E-state index < -0.39 is 0 Å². The van der Waals surface area contributed by atoms with Gasteiger partial charge >= 0.3 is 0 Å². The minimum Gasteiger partial charge on any atom is -0.468 e. The number of rotatable bonds is 7. The zero-order chi connectivity index (χ0) is 16.8. The van der Waals surface area contributed by atoms with Crippen molar-refractivity contribution in [2.75, 3.05) is 13.6 Å². The van der Waals surface area contributed by atoms with Crippen molar-refractivity contribution in [1.82, 2.24) is 15.5 Å². The quantitative estimate of drug-likeness (QED) is 0.819. The average Bonchev–Trinajstić information content (AvgIpc) is 3.27. The maximum absolute atomic E-state index is 12.2. The molecule has 2 N–H and O–H groups in total. The van der Waals surface area contributed by atoms with E-state index >= 15 is 0 Å². The molecule has 1 amide bonds. The van der Waals surface area contributed by atoms with Crippen molar-refractivity contribution in [3.8, 4) is 0 Å². The second-order valence-corrected chi connectivity index (χ2v) is 6.39. The third-order valence-corrected chi connectivity index (χ3v) is 4.39. The molecule has 3 rings (SSSR count). The van der Waals surface area contributed by atoms with Gasteiger partial charge in [-0.05, 0) is 49.7 Å². The standard InChI is InChI=1S/C19H25N3O2/c1-22(14-17-8-5-11-24-17)13-16-7-3-2-6-15(16)12-21-19(23)18-9-4-10-20-18/h2-3,5-8,11,18,20H,4,9-10,12-14H2,1H3,(H,21,23)/t18-/m1/s1. The molecule has 2 aromatic rings. The van der Waals surface area contributed by atoms with E-state index in [9.17, 15) is 4.79 Å². The number of hydrogen-bond acceptors (Lipinski definition) is 4. The number of hydrogen-bond donors (Lipinski definition) is 2. The van der Waals surface area contributed by atoms with Crippen LogP contribution in [0, 0.1) is 0 Å². The molecule has 1 saturated heterocycles. The molecule has 0 saturated carbocycles. The van der Waals surface area contributed by atoms with E-state index in [1.165, 1.54) is 5.56 Å². The first-order valence-corrected chi connectivity index (χ1v) is 8.51. The SMILES string of the molecule is CN(Cc1ccco1)Cc1ccccc1CNC(=O)[C@H]1CCCN1. The molecule has 0 radical (unpaired) electrons. The molecule has 1 aromatic heterocycles. The fraction of sp³-hybridized carbons (Fsp3) is 0.421. The minimum atomic E-state index is -0.0289. The van der Waals surface area contributed by atoms with Crippen LogP contribution >= 0.6 is 0 Å². The number of carbonyl (C=O) groups excluding carboxylic acids is 1. The number of nitrogens with one attached hydrogen (secondary N) is 2. The molecule has 1 aliphatic heterocycles. The number of benzene rings is 1. The highest BCUT2D eigenvalue weighted by Crippen LogP contribution is 2.14. The van der Waals surface area contributed by atoms with Crippen molar-refractivity contribution in [3.63, 3.8) is 0 Å². The number of amides is 1. The van der Waals surface area contributed by atoms with Gasteiger partial charge in [-0.1, -0.05) is 24.3 Å². The predicted molar refractivity (Wildman–Crippen MR) is 93.2 cm³/mol. The number of furan rings is 1. The van der Waals surface area contributed by atoms with Crippen LogP contribution in [-0.2, 0) is 24.4 Å². The Morgan fingerprint density at radius 2 is 2.08 bits per heavy atom. The lowest BCUT2D eigenvalue weighted by Gasteiger charge is -2.18. The van der Waals surface area contributed by atoms with E-state index in [0.29, 0.717) is 6.54 Å². The van der Waals surface area contributed by atoms with Crippen LogP contribution in [0.5, 0.6) is 0 Å². The first-order valence-electron chi connectivity index (χ1n) is 8.51. The minimum absolute atomic E-state index is 0.0289. The third-order valence-electron chi connectivity index (χ3n) is 4.39. The van der Waals surface area contributed by atoms with Crippen molar-refractivity contribution >= 4 is 5.91 Å². The second-order valence-electron chi connectivity index (χ2n) is 6.39. The summed E-state index contributed by atoms with van der Waals surface area (Å²) in [6.45, 7) is 3.09. The van der Waals surface area contributed by atoms with Crippen LogP contribution in [0.2, 0.25) is 0 Å². The van der Waals surface area contributed by atoms with Crippen LogP contribution < -0.4 is 10.6 Å². The average molecular weight is 327 g/mol. The van der Waals surface area contributed by atoms with E-state index in [-0.39, 0.29) is 11.9 Å². The normalized spacial score (nSPS) is 17.3. The summed E-state index contributed by atoms with van der Waals surface area (Å²) in [4.78, 5) is 14.4. The van der Waals surface area contributed by atoms with Gasteiger partial charge in [-0.15, -0.1) is 0 Å². The lowest BCUT2D eigenvalue weighted by Crippen LogP contribution is -2.40. The summed E-state index contributed by atoms with van der Waals surface area (Å²) in [7, 11) is 2.07. The van der Waals surface area contributed by atoms with Crippen LogP contribution in [0.25, 0.3) is 0 Å². The molecule has 128 valence electrons. The molecule has 5 nitrogen and oxygen atoms in total. The lowest BCUT2D eigenvalue weighted by molar-refractivity contribution is -0.122. The largest absolute Gasteiger partial charge is 0.468 e. The smallest absolute Gasteiger partial charge is 0.237 e. The Kier molecular flexibility index (Phi) is 5.67. The summed E-state index contributed by atoms with van der Waals surface area (Å²) in [6, 6.07) is 12.1. The Hall–Kier alpha value is -2.11.